The molecular weight excluding hydrogens is 520 g/mol. The van der Waals surface area contributed by atoms with Crippen molar-refractivity contribution in [1.82, 2.24) is 5.32 Å². The van der Waals surface area contributed by atoms with Crippen LogP contribution in [0.1, 0.15) is 21.5 Å². The third kappa shape index (κ3) is 7.44. The fourth-order valence-electron chi connectivity index (χ4n) is 3.31. The van der Waals surface area contributed by atoms with E-state index in [4.69, 9.17) is 0 Å². The van der Waals surface area contributed by atoms with Gasteiger partial charge in [0.25, 0.3) is 11.8 Å². The first kappa shape index (κ1) is 24.5. The minimum atomic E-state index is -0.403. The molecule has 0 aliphatic carbocycles. The van der Waals surface area contributed by atoms with Crippen LogP contribution in [-0.2, 0) is 10.5 Å². The number of halogens is 1. The summed E-state index contributed by atoms with van der Waals surface area (Å²) < 4.78 is 0.878. The van der Waals surface area contributed by atoms with Gasteiger partial charge in [0.2, 0.25) is 0 Å². The van der Waals surface area contributed by atoms with Crippen LogP contribution in [0.5, 0.6) is 0 Å². The van der Waals surface area contributed by atoms with Crippen LogP contribution in [0, 0.1) is 0 Å². The Morgan fingerprint density at radius 2 is 1.51 bits per heavy atom. The summed E-state index contributed by atoms with van der Waals surface area (Å²) in [5.74, 6) is 0.0769. The zero-order chi connectivity index (χ0) is 24.5. The maximum atomic E-state index is 13.2. The third-order valence-electron chi connectivity index (χ3n) is 5.03. The van der Waals surface area contributed by atoms with Gasteiger partial charge in [0.05, 0.1) is 0 Å². The lowest BCUT2D eigenvalue weighted by Crippen LogP contribution is -2.30. The Morgan fingerprint density at radius 1 is 0.800 bits per heavy atom. The molecule has 4 aromatic rings. The number of benzene rings is 4. The van der Waals surface area contributed by atoms with Crippen LogP contribution < -0.4 is 10.6 Å². The molecule has 0 heterocycles. The molecule has 35 heavy (non-hydrogen) atoms. The van der Waals surface area contributed by atoms with Crippen LogP contribution in [-0.4, -0.2) is 11.8 Å². The standard InChI is InChI=1S/C29H23BrN2O2S/c30-24-14-7-11-22(17-24)18-27(32-28(33)23-12-5-2-6-13-23)29(34)31-25-15-8-16-26(19-25)35-20-21-9-3-1-4-10-21/h1-19H,20H2,(H,31,34)(H,32,33)/b27-18+. The van der Waals surface area contributed by atoms with E-state index in [9.17, 15) is 9.59 Å². The van der Waals surface area contributed by atoms with E-state index in [1.165, 1.54) is 5.56 Å². The van der Waals surface area contributed by atoms with E-state index in [1.54, 1.807) is 42.1 Å². The molecule has 0 aliphatic rings. The van der Waals surface area contributed by atoms with Crippen LogP contribution in [0.3, 0.4) is 0 Å². The summed E-state index contributed by atoms with van der Waals surface area (Å²) in [4.78, 5) is 27.1. The van der Waals surface area contributed by atoms with E-state index < -0.39 is 5.91 Å². The summed E-state index contributed by atoms with van der Waals surface area (Å²) in [6, 6.07) is 34.2. The second-order valence-corrected chi connectivity index (χ2v) is 9.65. The maximum absolute atomic E-state index is 13.2. The van der Waals surface area contributed by atoms with Crippen LogP contribution in [0.25, 0.3) is 6.08 Å². The van der Waals surface area contributed by atoms with Crippen molar-refractivity contribution < 1.29 is 9.59 Å². The zero-order valence-corrected chi connectivity index (χ0v) is 21.2. The summed E-state index contributed by atoms with van der Waals surface area (Å²) in [6.45, 7) is 0. The number of hydrogen-bond donors (Lipinski definition) is 2. The number of rotatable bonds is 8. The quantitative estimate of drug-likeness (QED) is 0.183. The monoisotopic (exact) mass is 542 g/mol. The first-order valence-electron chi connectivity index (χ1n) is 11.0. The average molecular weight is 543 g/mol. The predicted molar refractivity (Wildman–Crippen MR) is 147 cm³/mol. The van der Waals surface area contributed by atoms with Crippen LogP contribution >= 0.6 is 27.7 Å². The van der Waals surface area contributed by atoms with Crippen molar-refractivity contribution in [2.45, 2.75) is 10.6 Å². The average Bonchev–Trinajstić information content (AvgIpc) is 2.88. The Labute approximate surface area is 217 Å². The molecule has 0 fully saturated rings. The van der Waals surface area contributed by atoms with Crippen molar-refractivity contribution in [1.29, 1.82) is 0 Å². The number of carbonyl (C=O) groups is 2. The number of hydrogen-bond acceptors (Lipinski definition) is 3. The summed E-state index contributed by atoms with van der Waals surface area (Å²) >= 11 is 5.14. The Hall–Kier alpha value is -3.61. The van der Waals surface area contributed by atoms with Gasteiger partial charge in [0.15, 0.2) is 0 Å². The summed E-state index contributed by atoms with van der Waals surface area (Å²) in [5.41, 5.74) is 3.29. The van der Waals surface area contributed by atoms with Crippen molar-refractivity contribution in [3.05, 3.63) is 136 Å². The van der Waals surface area contributed by atoms with Gasteiger partial charge in [0, 0.05) is 26.4 Å². The van der Waals surface area contributed by atoms with E-state index in [2.05, 4.69) is 38.7 Å². The highest BCUT2D eigenvalue weighted by atomic mass is 79.9. The number of nitrogens with one attached hydrogen (secondary N) is 2. The van der Waals surface area contributed by atoms with Gasteiger partial charge in [-0.1, -0.05) is 82.7 Å². The van der Waals surface area contributed by atoms with Crippen LogP contribution in [0.2, 0.25) is 0 Å². The Kier molecular flexibility index (Phi) is 8.54. The lowest BCUT2D eigenvalue weighted by Gasteiger charge is -2.12. The van der Waals surface area contributed by atoms with E-state index in [0.29, 0.717) is 11.3 Å². The van der Waals surface area contributed by atoms with Gasteiger partial charge in [0.1, 0.15) is 5.70 Å². The smallest absolute Gasteiger partial charge is 0.272 e. The number of thioether (sulfide) groups is 1. The largest absolute Gasteiger partial charge is 0.321 e. The minimum absolute atomic E-state index is 0.152. The lowest BCUT2D eigenvalue weighted by molar-refractivity contribution is -0.113. The van der Waals surface area contributed by atoms with Gasteiger partial charge >= 0.3 is 0 Å². The van der Waals surface area contributed by atoms with Gasteiger partial charge in [-0.3, -0.25) is 9.59 Å². The molecule has 0 spiro atoms. The van der Waals surface area contributed by atoms with Crippen molar-refractivity contribution >= 4 is 51.3 Å². The highest BCUT2D eigenvalue weighted by molar-refractivity contribution is 9.10. The third-order valence-corrected chi connectivity index (χ3v) is 6.59. The minimum Gasteiger partial charge on any atom is -0.321 e. The molecule has 6 heteroatoms. The van der Waals surface area contributed by atoms with Gasteiger partial charge in [-0.25, -0.2) is 0 Å². The van der Waals surface area contributed by atoms with E-state index in [1.807, 2.05) is 72.8 Å². The molecule has 0 atom stereocenters. The van der Waals surface area contributed by atoms with Crippen molar-refractivity contribution in [2.75, 3.05) is 5.32 Å². The molecule has 0 radical (unpaired) electrons. The molecule has 0 saturated heterocycles. The Morgan fingerprint density at radius 3 is 2.26 bits per heavy atom. The van der Waals surface area contributed by atoms with E-state index >= 15 is 0 Å². The first-order chi connectivity index (χ1) is 17.1. The maximum Gasteiger partial charge on any atom is 0.272 e. The highest BCUT2D eigenvalue weighted by Gasteiger charge is 2.15. The van der Waals surface area contributed by atoms with E-state index in [0.717, 1.165) is 20.7 Å². The topological polar surface area (TPSA) is 58.2 Å². The highest BCUT2D eigenvalue weighted by Crippen LogP contribution is 2.25. The Bertz CT molecular complexity index is 1340. The van der Waals surface area contributed by atoms with Gasteiger partial charge < -0.3 is 10.6 Å². The fourth-order valence-corrected chi connectivity index (χ4v) is 4.64. The number of amides is 2. The van der Waals surface area contributed by atoms with Crippen LogP contribution in [0.4, 0.5) is 5.69 Å². The predicted octanol–water partition coefficient (Wildman–Crippen LogP) is 7.15. The molecule has 4 rings (SSSR count). The second kappa shape index (κ2) is 12.2. The lowest BCUT2D eigenvalue weighted by atomic mass is 10.1. The number of carbonyl (C=O) groups excluding carboxylic acids is 2. The number of anilines is 1. The molecule has 0 saturated carbocycles. The molecule has 2 amide bonds. The first-order valence-corrected chi connectivity index (χ1v) is 12.8. The van der Waals surface area contributed by atoms with Gasteiger partial charge in [-0.2, -0.15) is 0 Å². The normalized spacial score (nSPS) is 11.1. The van der Waals surface area contributed by atoms with Crippen molar-refractivity contribution in [3.63, 3.8) is 0 Å². The molecule has 0 unspecified atom stereocenters. The van der Waals surface area contributed by atoms with Crippen molar-refractivity contribution in [3.8, 4) is 0 Å². The zero-order valence-electron chi connectivity index (χ0n) is 18.8. The van der Waals surface area contributed by atoms with Gasteiger partial charge in [-0.05, 0) is 59.7 Å². The summed E-state index contributed by atoms with van der Waals surface area (Å²) in [7, 11) is 0. The molecule has 0 aromatic heterocycles. The van der Waals surface area contributed by atoms with E-state index in [-0.39, 0.29) is 11.6 Å². The second-order valence-electron chi connectivity index (χ2n) is 7.69. The summed E-state index contributed by atoms with van der Waals surface area (Å²) in [6.07, 6.45) is 1.66. The molecule has 4 aromatic carbocycles. The molecule has 174 valence electrons. The molecule has 0 aliphatic heterocycles. The van der Waals surface area contributed by atoms with Crippen molar-refractivity contribution in [2.24, 2.45) is 0 Å². The van der Waals surface area contributed by atoms with Gasteiger partial charge in [-0.15, -0.1) is 11.8 Å². The molecular formula is C29H23BrN2O2S. The summed E-state index contributed by atoms with van der Waals surface area (Å²) in [5, 5.41) is 5.70. The SMILES string of the molecule is O=C(Nc1cccc(SCc2ccccc2)c1)/C(=C\c1cccc(Br)c1)NC(=O)c1ccccc1. The molecule has 4 nitrogen and oxygen atoms in total. The Balaban J connectivity index is 1.52. The van der Waals surface area contributed by atoms with Crippen LogP contribution in [0.15, 0.2) is 124 Å². The molecule has 0 bridgehead atoms. The fraction of sp³-hybridized carbons (Fsp3) is 0.0345. The molecule has 2 N–H and O–H groups in total.